The highest BCUT2D eigenvalue weighted by molar-refractivity contribution is 5.95. The SMILES string of the molecule is O=C(C1CCCCN1C(=O)c1ccco1)N1CCN(c2ccc([N+](=O)[O-])cn2)CC1. The minimum Gasteiger partial charge on any atom is -0.459 e. The Morgan fingerprint density at radius 2 is 1.90 bits per heavy atom. The summed E-state index contributed by atoms with van der Waals surface area (Å²) in [6.07, 6.45) is 5.13. The quantitative estimate of drug-likeness (QED) is 0.556. The van der Waals surface area contributed by atoms with E-state index < -0.39 is 11.0 Å². The molecule has 0 bridgehead atoms. The van der Waals surface area contributed by atoms with Crippen molar-refractivity contribution in [2.45, 2.75) is 25.3 Å². The van der Waals surface area contributed by atoms with Gasteiger partial charge in [0, 0.05) is 38.8 Å². The van der Waals surface area contributed by atoms with Crippen molar-refractivity contribution in [3.8, 4) is 0 Å². The van der Waals surface area contributed by atoms with Crippen LogP contribution in [0.4, 0.5) is 11.5 Å². The number of amides is 2. The molecule has 2 amide bonds. The molecule has 0 radical (unpaired) electrons. The zero-order valence-electron chi connectivity index (χ0n) is 16.5. The third-order valence-electron chi connectivity index (χ3n) is 5.64. The first-order valence-electron chi connectivity index (χ1n) is 10.0. The van der Waals surface area contributed by atoms with Gasteiger partial charge in [-0.25, -0.2) is 4.98 Å². The predicted molar refractivity (Wildman–Crippen MR) is 107 cm³/mol. The number of likely N-dealkylation sites (tertiary alicyclic amines) is 1. The topological polar surface area (TPSA) is 113 Å². The molecule has 2 aliphatic heterocycles. The number of piperazine rings is 1. The lowest BCUT2D eigenvalue weighted by Crippen LogP contribution is -2.57. The molecule has 1 atom stereocenters. The van der Waals surface area contributed by atoms with Crippen LogP contribution in [0.5, 0.6) is 0 Å². The van der Waals surface area contributed by atoms with Crippen molar-refractivity contribution in [1.29, 1.82) is 0 Å². The van der Waals surface area contributed by atoms with Crippen molar-refractivity contribution >= 4 is 23.3 Å². The Morgan fingerprint density at radius 3 is 2.53 bits per heavy atom. The summed E-state index contributed by atoms with van der Waals surface area (Å²) < 4.78 is 5.24. The molecule has 0 saturated carbocycles. The Labute approximate surface area is 173 Å². The molecular formula is C20H23N5O5. The second-order valence-electron chi connectivity index (χ2n) is 7.43. The summed E-state index contributed by atoms with van der Waals surface area (Å²) in [7, 11) is 0. The molecule has 0 N–H and O–H groups in total. The largest absolute Gasteiger partial charge is 0.459 e. The highest BCUT2D eigenvalue weighted by atomic mass is 16.6. The summed E-state index contributed by atoms with van der Waals surface area (Å²) in [5.74, 6) is 0.626. The van der Waals surface area contributed by atoms with Gasteiger partial charge >= 0.3 is 0 Å². The first-order valence-corrected chi connectivity index (χ1v) is 10.0. The standard InChI is InChI=1S/C20H23N5O5/c26-19(16-4-1-2-8-24(16)20(27)17-5-3-13-30-17)23-11-9-22(10-12-23)18-7-6-15(14-21-18)25(28)29/h3,5-7,13-14,16H,1-2,4,8-12H2. The first kappa shape index (κ1) is 19.9. The summed E-state index contributed by atoms with van der Waals surface area (Å²) in [5, 5.41) is 10.8. The fourth-order valence-electron chi connectivity index (χ4n) is 4.01. The lowest BCUT2D eigenvalue weighted by atomic mass is 10.00. The van der Waals surface area contributed by atoms with Crippen LogP contribution >= 0.6 is 0 Å². The van der Waals surface area contributed by atoms with Gasteiger partial charge in [-0.1, -0.05) is 0 Å². The number of aromatic nitrogens is 1. The number of anilines is 1. The van der Waals surface area contributed by atoms with Crippen LogP contribution in [0.3, 0.4) is 0 Å². The maximum atomic E-state index is 13.2. The molecule has 4 rings (SSSR count). The van der Waals surface area contributed by atoms with Gasteiger partial charge in [0.25, 0.3) is 11.6 Å². The van der Waals surface area contributed by atoms with Gasteiger partial charge in [-0.3, -0.25) is 19.7 Å². The van der Waals surface area contributed by atoms with Gasteiger partial charge in [-0.15, -0.1) is 0 Å². The first-order chi connectivity index (χ1) is 14.5. The summed E-state index contributed by atoms with van der Waals surface area (Å²) in [5.41, 5.74) is -0.0498. The van der Waals surface area contributed by atoms with E-state index in [-0.39, 0.29) is 23.3 Å². The molecule has 2 aliphatic rings. The normalized spacial score (nSPS) is 19.6. The summed E-state index contributed by atoms with van der Waals surface area (Å²) in [4.78, 5) is 45.9. The van der Waals surface area contributed by atoms with E-state index in [1.54, 1.807) is 28.0 Å². The van der Waals surface area contributed by atoms with Crippen LogP contribution in [-0.2, 0) is 4.79 Å². The molecular weight excluding hydrogens is 390 g/mol. The van der Waals surface area contributed by atoms with Crippen LogP contribution in [0, 0.1) is 10.1 Å². The van der Waals surface area contributed by atoms with Crippen LogP contribution in [0.2, 0.25) is 0 Å². The highest BCUT2D eigenvalue weighted by Gasteiger charge is 2.37. The van der Waals surface area contributed by atoms with Gasteiger partial charge in [-0.2, -0.15) is 0 Å². The molecule has 0 spiro atoms. The molecule has 4 heterocycles. The monoisotopic (exact) mass is 413 g/mol. The fraction of sp³-hybridized carbons (Fsp3) is 0.450. The maximum absolute atomic E-state index is 13.2. The van der Waals surface area contributed by atoms with Gasteiger partial charge in [0.05, 0.1) is 11.2 Å². The Hall–Kier alpha value is -3.43. The average molecular weight is 413 g/mol. The lowest BCUT2D eigenvalue weighted by molar-refractivity contribution is -0.385. The molecule has 10 heteroatoms. The van der Waals surface area contributed by atoms with Crippen molar-refractivity contribution in [3.63, 3.8) is 0 Å². The minimum atomic E-state index is -0.479. The minimum absolute atomic E-state index is 0.0362. The highest BCUT2D eigenvalue weighted by Crippen LogP contribution is 2.23. The third kappa shape index (κ3) is 3.98. The van der Waals surface area contributed by atoms with E-state index in [4.69, 9.17) is 4.42 Å². The van der Waals surface area contributed by atoms with Crippen molar-refractivity contribution < 1.29 is 18.9 Å². The molecule has 0 aliphatic carbocycles. The van der Waals surface area contributed by atoms with Gasteiger partial charge in [0.15, 0.2) is 5.76 Å². The van der Waals surface area contributed by atoms with E-state index in [1.165, 1.54) is 18.5 Å². The van der Waals surface area contributed by atoms with Gasteiger partial charge < -0.3 is 19.1 Å². The number of furan rings is 1. The van der Waals surface area contributed by atoms with Crippen molar-refractivity contribution in [2.75, 3.05) is 37.6 Å². The number of carbonyl (C=O) groups is 2. The molecule has 0 aromatic carbocycles. The number of carbonyl (C=O) groups excluding carboxylic acids is 2. The van der Waals surface area contributed by atoms with Crippen molar-refractivity contribution in [2.24, 2.45) is 0 Å². The Bertz CT molecular complexity index is 906. The van der Waals surface area contributed by atoms with Gasteiger partial charge in [0.2, 0.25) is 5.91 Å². The number of nitrogens with zero attached hydrogens (tertiary/aromatic N) is 5. The molecule has 2 aromatic rings. The number of rotatable bonds is 4. The van der Waals surface area contributed by atoms with E-state index in [9.17, 15) is 19.7 Å². The second-order valence-corrected chi connectivity index (χ2v) is 7.43. The van der Waals surface area contributed by atoms with E-state index >= 15 is 0 Å². The van der Waals surface area contributed by atoms with Crippen molar-refractivity contribution in [3.05, 3.63) is 52.6 Å². The van der Waals surface area contributed by atoms with E-state index in [2.05, 4.69) is 4.98 Å². The molecule has 158 valence electrons. The Morgan fingerprint density at radius 1 is 1.10 bits per heavy atom. The molecule has 2 fully saturated rings. The van der Waals surface area contributed by atoms with Crippen molar-refractivity contribution in [1.82, 2.24) is 14.8 Å². The van der Waals surface area contributed by atoms with Crippen LogP contribution in [-0.4, -0.2) is 70.3 Å². The third-order valence-corrected chi connectivity index (χ3v) is 5.64. The summed E-state index contributed by atoms with van der Waals surface area (Å²) >= 11 is 0. The number of piperidine rings is 1. The molecule has 10 nitrogen and oxygen atoms in total. The summed E-state index contributed by atoms with van der Waals surface area (Å²) in [6.45, 7) is 2.72. The Kier molecular flexibility index (Phi) is 5.64. The van der Waals surface area contributed by atoms with Gasteiger partial charge in [-0.05, 0) is 37.5 Å². The average Bonchev–Trinajstić information content (AvgIpc) is 3.33. The Balaban J connectivity index is 1.39. The number of hydrogen-bond acceptors (Lipinski definition) is 7. The number of hydrogen-bond donors (Lipinski definition) is 0. The number of nitro groups is 1. The zero-order valence-corrected chi connectivity index (χ0v) is 16.5. The van der Waals surface area contributed by atoms with Crippen LogP contribution < -0.4 is 4.90 Å². The fourth-order valence-corrected chi connectivity index (χ4v) is 4.01. The van der Waals surface area contributed by atoms with Crippen LogP contribution in [0.15, 0.2) is 41.1 Å². The molecule has 30 heavy (non-hydrogen) atoms. The van der Waals surface area contributed by atoms with E-state index in [0.717, 1.165) is 12.8 Å². The zero-order chi connectivity index (χ0) is 21.1. The maximum Gasteiger partial charge on any atom is 0.290 e. The van der Waals surface area contributed by atoms with Crippen LogP contribution in [0.25, 0.3) is 0 Å². The molecule has 2 aromatic heterocycles. The lowest BCUT2D eigenvalue weighted by Gasteiger charge is -2.40. The molecule has 1 unspecified atom stereocenters. The van der Waals surface area contributed by atoms with Gasteiger partial charge in [0.1, 0.15) is 18.1 Å². The summed E-state index contributed by atoms with van der Waals surface area (Å²) in [6, 6.07) is 5.87. The van der Waals surface area contributed by atoms with Crippen LogP contribution in [0.1, 0.15) is 29.8 Å². The van der Waals surface area contributed by atoms with E-state index in [0.29, 0.717) is 45.0 Å². The molecule has 2 saturated heterocycles. The smallest absolute Gasteiger partial charge is 0.290 e. The second kappa shape index (κ2) is 8.52. The number of pyridine rings is 1. The van der Waals surface area contributed by atoms with E-state index in [1.807, 2.05) is 4.90 Å². The predicted octanol–water partition coefficient (Wildman–Crippen LogP) is 1.93.